The first-order valence-electron chi connectivity index (χ1n) is 6.21. The zero-order valence-electron chi connectivity index (χ0n) is 8.54. The Labute approximate surface area is 81.5 Å². The second-order valence-corrected chi connectivity index (χ2v) is 5.25. The summed E-state index contributed by atoms with van der Waals surface area (Å²) in [5, 5.41) is 0. The molecule has 3 rings (SSSR count). The monoisotopic (exact) mass is 179 g/mol. The highest BCUT2D eigenvalue weighted by Gasteiger charge is 2.43. The van der Waals surface area contributed by atoms with Crippen LogP contribution in [0, 0.1) is 5.92 Å². The van der Waals surface area contributed by atoms with Gasteiger partial charge >= 0.3 is 0 Å². The summed E-state index contributed by atoms with van der Waals surface area (Å²) in [4.78, 5) is 2.84. The molecule has 1 saturated heterocycles. The fourth-order valence-electron chi connectivity index (χ4n) is 3.76. The third kappa shape index (κ3) is 1.32. The highest BCUT2D eigenvalue weighted by atomic mass is 15.3. The maximum absolute atomic E-state index is 2.84. The second-order valence-electron chi connectivity index (χ2n) is 5.25. The first kappa shape index (κ1) is 8.28. The molecule has 0 N–H and O–H groups in total. The van der Waals surface area contributed by atoms with Gasteiger partial charge in [0.1, 0.15) is 0 Å². The molecule has 1 aliphatic heterocycles. The molecule has 0 aromatic heterocycles. The first-order chi connectivity index (χ1) is 6.45. The number of fused-ring (bicyclic) bond motifs is 1. The molecule has 2 aliphatic carbocycles. The SMILES string of the molecule is C1CCC(N2C[C@H]3CCCC[C@H]32)C1. The summed E-state index contributed by atoms with van der Waals surface area (Å²) >= 11 is 0. The summed E-state index contributed by atoms with van der Waals surface area (Å²) in [6, 6.07) is 2.02. The van der Waals surface area contributed by atoms with Crippen molar-refractivity contribution in [1.82, 2.24) is 4.90 Å². The molecule has 1 heterocycles. The van der Waals surface area contributed by atoms with Crippen molar-refractivity contribution in [3.05, 3.63) is 0 Å². The Morgan fingerprint density at radius 3 is 2.23 bits per heavy atom. The van der Waals surface area contributed by atoms with Crippen molar-refractivity contribution in [2.24, 2.45) is 5.92 Å². The Morgan fingerprint density at radius 2 is 1.46 bits per heavy atom. The van der Waals surface area contributed by atoms with E-state index in [2.05, 4.69) is 4.90 Å². The lowest BCUT2D eigenvalue weighted by Crippen LogP contribution is -2.60. The molecular weight excluding hydrogens is 158 g/mol. The fraction of sp³-hybridized carbons (Fsp3) is 1.00. The Hall–Kier alpha value is -0.0400. The summed E-state index contributed by atoms with van der Waals surface area (Å²) in [6.45, 7) is 1.45. The average Bonchev–Trinajstić information content (AvgIpc) is 2.60. The van der Waals surface area contributed by atoms with Gasteiger partial charge in [-0.2, -0.15) is 0 Å². The van der Waals surface area contributed by atoms with Crippen LogP contribution < -0.4 is 0 Å². The molecule has 0 spiro atoms. The van der Waals surface area contributed by atoms with E-state index in [9.17, 15) is 0 Å². The summed E-state index contributed by atoms with van der Waals surface area (Å²) in [5.41, 5.74) is 0. The van der Waals surface area contributed by atoms with Crippen LogP contribution in [0.2, 0.25) is 0 Å². The molecule has 3 fully saturated rings. The molecule has 0 bridgehead atoms. The Morgan fingerprint density at radius 1 is 0.769 bits per heavy atom. The van der Waals surface area contributed by atoms with Crippen LogP contribution in [-0.2, 0) is 0 Å². The van der Waals surface area contributed by atoms with E-state index in [1.165, 1.54) is 57.9 Å². The van der Waals surface area contributed by atoms with E-state index in [1.807, 2.05) is 0 Å². The maximum Gasteiger partial charge on any atom is 0.0139 e. The number of hydrogen-bond donors (Lipinski definition) is 0. The van der Waals surface area contributed by atoms with E-state index >= 15 is 0 Å². The van der Waals surface area contributed by atoms with Gasteiger partial charge in [0.25, 0.3) is 0 Å². The molecule has 0 aromatic rings. The third-order valence-corrected chi connectivity index (χ3v) is 4.53. The molecule has 1 heteroatoms. The van der Waals surface area contributed by atoms with Gasteiger partial charge in [-0.05, 0) is 31.6 Å². The molecule has 0 amide bonds. The zero-order valence-corrected chi connectivity index (χ0v) is 8.54. The standard InChI is InChI=1S/C12H21N/c1-4-8-12-10(5-1)9-13(12)11-6-2-3-7-11/h10-12H,1-9H2/t10-,12-/m1/s1. The van der Waals surface area contributed by atoms with Crippen molar-refractivity contribution in [1.29, 1.82) is 0 Å². The molecule has 0 aromatic carbocycles. The fourth-order valence-corrected chi connectivity index (χ4v) is 3.76. The van der Waals surface area contributed by atoms with Crippen molar-refractivity contribution in [3.8, 4) is 0 Å². The van der Waals surface area contributed by atoms with Crippen LogP contribution in [0.1, 0.15) is 51.4 Å². The van der Waals surface area contributed by atoms with Gasteiger partial charge in [0.05, 0.1) is 0 Å². The minimum Gasteiger partial charge on any atom is -0.297 e. The topological polar surface area (TPSA) is 3.24 Å². The molecular formula is C12H21N. The van der Waals surface area contributed by atoms with Crippen molar-refractivity contribution < 1.29 is 0 Å². The quantitative estimate of drug-likeness (QED) is 0.598. The molecule has 3 aliphatic rings. The van der Waals surface area contributed by atoms with Crippen LogP contribution in [-0.4, -0.2) is 23.5 Å². The largest absolute Gasteiger partial charge is 0.297 e. The van der Waals surface area contributed by atoms with E-state index in [0.29, 0.717) is 0 Å². The van der Waals surface area contributed by atoms with E-state index in [0.717, 1.165) is 18.0 Å². The number of likely N-dealkylation sites (tertiary alicyclic amines) is 1. The number of hydrogen-bond acceptors (Lipinski definition) is 1. The molecule has 74 valence electrons. The minimum atomic E-state index is 0.999. The number of nitrogens with zero attached hydrogens (tertiary/aromatic N) is 1. The van der Waals surface area contributed by atoms with Crippen LogP contribution in [0.4, 0.5) is 0 Å². The van der Waals surface area contributed by atoms with E-state index in [4.69, 9.17) is 0 Å². The molecule has 0 radical (unpaired) electrons. The van der Waals surface area contributed by atoms with Crippen LogP contribution >= 0.6 is 0 Å². The molecule has 0 unspecified atom stereocenters. The highest BCUT2D eigenvalue weighted by Crippen LogP contribution is 2.41. The molecule has 2 saturated carbocycles. The molecule has 1 nitrogen and oxygen atoms in total. The van der Waals surface area contributed by atoms with Crippen molar-refractivity contribution in [2.75, 3.05) is 6.54 Å². The molecule has 2 atom stereocenters. The average molecular weight is 179 g/mol. The van der Waals surface area contributed by atoms with Crippen molar-refractivity contribution in [3.63, 3.8) is 0 Å². The van der Waals surface area contributed by atoms with Crippen LogP contribution in [0.5, 0.6) is 0 Å². The third-order valence-electron chi connectivity index (χ3n) is 4.53. The van der Waals surface area contributed by atoms with E-state index < -0.39 is 0 Å². The van der Waals surface area contributed by atoms with Gasteiger partial charge in [-0.3, -0.25) is 4.90 Å². The Balaban J connectivity index is 1.61. The van der Waals surface area contributed by atoms with Gasteiger partial charge in [0.2, 0.25) is 0 Å². The highest BCUT2D eigenvalue weighted by molar-refractivity contribution is 4.98. The maximum atomic E-state index is 2.84. The van der Waals surface area contributed by atoms with Gasteiger partial charge in [-0.1, -0.05) is 25.7 Å². The van der Waals surface area contributed by atoms with Crippen molar-refractivity contribution >= 4 is 0 Å². The normalized spacial score (nSPS) is 41.5. The van der Waals surface area contributed by atoms with Gasteiger partial charge in [0.15, 0.2) is 0 Å². The van der Waals surface area contributed by atoms with Gasteiger partial charge in [-0.15, -0.1) is 0 Å². The van der Waals surface area contributed by atoms with Crippen LogP contribution in [0.3, 0.4) is 0 Å². The number of rotatable bonds is 1. The smallest absolute Gasteiger partial charge is 0.0139 e. The van der Waals surface area contributed by atoms with Crippen LogP contribution in [0.15, 0.2) is 0 Å². The summed E-state index contributed by atoms with van der Waals surface area (Å²) < 4.78 is 0. The molecule has 13 heavy (non-hydrogen) atoms. The van der Waals surface area contributed by atoms with Crippen LogP contribution in [0.25, 0.3) is 0 Å². The van der Waals surface area contributed by atoms with E-state index in [1.54, 1.807) is 0 Å². The Bertz CT molecular complexity index is 184. The first-order valence-corrected chi connectivity index (χ1v) is 6.21. The van der Waals surface area contributed by atoms with Crippen molar-refractivity contribution in [2.45, 2.75) is 63.5 Å². The van der Waals surface area contributed by atoms with Gasteiger partial charge in [0, 0.05) is 18.6 Å². The summed E-state index contributed by atoms with van der Waals surface area (Å²) in [7, 11) is 0. The predicted molar refractivity (Wildman–Crippen MR) is 54.7 cm³/mol. The lowest BCUT2D eigenvalue weighted by molar-refractivity contribution is -0.0450. The lowest BCUT2D eigenvalue weighted by atomic mass is 9.76. The van der Waals surface area contributed by atoms with Gasteiger partial charge in [-0.25, -0.2) is 0 Å². The predicted octanol–water partition coefficient (Wildman–Crippen LogP) is 2.80. The zero-order chi connectivity index (χ0) is 8.67. The minimum absolute atomic E-state index is 0.999. The summed E-state index contributed by atoms with van der Waals surface area (Å²) in [5.74, 6) is 1.11. The van der Waals surface area contributed by atoms with Gasteiger partial charge < -0.3 is 0 Å². The Kier molecular flexibility index (Phi) is 2.08. The lowest BCUT2D eigenvalue weighted by Gasteiger charge is -2.54. The summed E-state index contributed by atoms with van der Waals surface area (Å²) in [6.07, 6.45) is 12.1. The van der Waals surface area contributed by atoms with E-state index in [-0.39, 0.29) is 0 Å². The second kappa shape index (κ2) is 3.27.